The summed E-state index contributed by atoms with van der Waals surface area (Å²) in [6.07, 6.45) is -4.38. The lowest BCUT2D eigenvalue weighted by molar-refractivity contribution is -0.137. The molecule has 2 aromatic rings. The molecule has 1 atom stereocenters. The zero-order chi connectivity index (χ0) is 14.8. The predicted octanol–water partition coefficient (Wildman–Crippen LogP) is 4.46. The summed E-state index contributed by atoms with van der Waals surface area (Å²) < 4.78 is 37.7. The van der Waals surface area contributed by atoms with Gasteiger partial charge in [-0.3, -0.25) is 0 Å². The highest BCUT2D eigenvalue weighted by molar-refractivity contribution is 5.67. The van der Waals surface area contributed by atoms with E-state index in [1.54, 1.807) is 0 Å². The fraction of sp³-hybridized carbons (Fsp3) is 0.200. The van der Waals surface area contributed by atoms with Crippen LogP contribution in [0.1, 0.15) is 24.1 Å². The maximum Gasteiger partial charge on any atom is 0.416 e. The molecule has 0 saturated heterocycles. The van der Waals surface area contributed by atoms with Crippen LogP contribution in [0.25, 0.3) is 0 Å². The van der Waals surface area contributed by atoms with E-state index < -0.39 is 11.7 Å². The lowest BCUT2D eigenvalue weighted by Gasteiger charge is -2.18. The Balaban J connectivity index is 2.18. The van der Waals surface area contributed by atoms with Gasteiger partial charge in [0.15, 0.2) is 0 Å². The number of anilines is 2. The number of rotatable bonds is 3. The van der Waals surface area contributed by atoms with Crippen molar-refractivity contribution in [1.82, 2.24) is 0 Å². The van der Waals surface area contributed by atoms with Crippen LogP contribution in [0.3, 0.4) is 0 Å². The lowest BCUT2D eigenvalue weighted by Crippen LogP contribution is -2.10. The van der Waals surface area contributed by atoms with Gasteiger partial charge in [-0.05, 0) is 30.7 Å². The van der Waals surface area contributed by atoms with Gasteiger partial charge < -0.3 is 11.1 Å². The molecule has 20 heavy (non-hydrogen) atoms. The van der Waals surface area contributed by atoms with Crippen molar-refractivity contribution in [3.8, 4) is 0 Å². The Morgan fingerprint density at radius 3 is 2.25 bits per heavy atom. The number of hydrogen-bond donors (Lipinski definition) is 2. The summed E-state index contributed by atoms with van der Waals surface area (Å²) >= 11 is 0. The fourth-order valence-electron chi connectivity index (χ4n) is 1.93. The van der Waals surface area contributed by atoms with Gasteiger partial charge in [-0.2, -0.15) is 13.2 Å². The quantitative estimate of drug-likeness (QED) is 0.814. The first kappa shape index (κ1) is 14.2. The Bertz CT molecular complexity index is 579. The zero-order valence-electron chi connectivity index (χ0n) is 10.9. The minimum atomic E-state index is -4.38. The van der Waals surface area contributed by atoms with E-state index in [1.807, 2.05) is 37.3 Å². The summed E-state index contributed by atoms with van der Waals surface area (Å²) in [5, 5.41) is 3.11. The van der Waals surface area contributed by atoms with Gasteiger partial charge >= 0.3 is 6.18 Å². The van der Waals surface area contributed by atoms with Gasteiger partial charge in [0.05, 0.1) is 16.9 Å². The summed E-state index contributed by atoms with van der Waals surface area (Å²) in [6.45, 7) is 1.92. The molecular weight excluding hydrogens is 265 g/mol. The molecule has 0 heterocycles. The monoisotopic (exact) mass is 280 g/mol. The van der Waals surface area contributed by atoms with Gasteiger partial charge in [0, 0.05) is 6.04 Å². The summed E-state index contributed by atoms with van der Waals surface area (Å²) in [5.41, 5.74) is 6.55. The fourth-order valence-corrected chi connectivity index (χ4v) is 1.93. The summed E-state index contributed by atoms with van der Waals surface area (Å²) in [4.78, 5) is 0. The van der Waals surface area contributed by atoms with Gasteiger partial charge in [0.1, 0.15) is 0 Å². The third kappa shape index (κ3) is 3.23. The van der Waals surface area contributed by atoms with E-state index in [4.69, 9.17) is 5.73 Å². The SMILES string of the molecule is CC(Nc1ccc(C(F)(F)F)cc1N)c1ccccc1. The van der Waals surface area contributed by atoms with Crippen molar-refractivity contribution in [1.29, 1.82) is 0 Å². The Labute approximate surface area is 115 Å². The molecule has 0 radical (unpaired) electrons. The molecule has 106 valence electrons. The van der Waals surface area contributed by atoms with Crippen molar-refractivity contribution in [2.45, 2.75) is 19.1 Å². The van der Waals surface area contributed by atoms with Crippen LogP contribution in [-0.4, -0.2) is 0 Å². The third-order valence-corrected chi connectivity index (χ3v) is 3.05. The third-order valence-electron chi connectivity index (χ3n) is 3.05. The number of alkyl halides is 3. The van der Waals surface area contributed by atoms with E-state index in [1.165, 1.54) is 6.07 Å². The molecule has 0 aliphatic rings. The smallest absolute Gasteiger partial charge is 0.397 e. The number of nitrogens with two attached hydrogens (primary N) is 1. The molecule has 2 nitrogen and oxygen atoms in total. The molecule has 0 amide bonds. The van der Waals surface area contributed by atoms with E-state index in [-0.39, 0.29) is 11.7 Å². The Morgan fingerprint density at radius 1 is 1.05 bits per heavy atom. The van der Waals surface area contributed by atoms with Crippen molar-refractivity contribution in [3.63, 3.8) is 0 Å². The molecular formula is C15H15F3N2. The molecule has 2 rings (SSSR count). The molecule has 0 saturated carbocycles. The second-order valence-corrected chi connectivity index (χ2v) is 4.58. The molecule has 0 spiro atoms. The zero-order valence-corrected chi connectivity index (χ0v) is 10.9. The van der Waals surface area contributed by atoms with Crippen molar-refractivity contribution >= 4 is 11.4 Å². The topological polar surface area (TPSA) is 38.0 Å². The number of nitrogen functional groups attached to an aromatic ring is 1. The first-order chi connectivity index (χ1) is 9.38. The van der Waals surface area contributed by atoms with E-state index in [0.717, 1.165) is 17.7 Å². The van der Waals surface area contributed by atoms with Crippen molar-refractivity contribution in [2.75, 3.05) is 11.1 Å². The number of halogens is 3. The highest BCUT2D eigenvalue weighted by Gasteiger charge is 2.30. The van der Waals surface area contributed by atoms with Crippen molar-refractivity contribution in [3.05, 3.63) is 59.7 Å². The van der Waals surface area contributed by atoms with E-state index in [9.17, 15) is 13.2 Å². The molecule has 0 bridgehead atoms. The lowest BCUT2D eigenvalue weighted by atomic mass is 10.1. The van der Waals surface area contributed by atoms with Crippen LogP contribution < -0.4 is 11.1 Å². The summed E-state index contributed by atoms with van der Waals surface area (Å²) in [5.74, 6) is 0. The highest BCUT2D eigenvalue weighted by atomic mass is 19.4. The first-order valence-corrected chi connectivity index (χ1v) is 6.16. The van der Waals surface area contributed by atoms with Crippen LogP contribution in [0.2, 0.25) is 0 Å². The second kappa shape index (κ2) is 5.45. The van der Waals surface area contributed by atoms with E-state index in [2.05, 4.69) is 5.32 Å². The standard InChI is InChI=1S/C15H15F3N2/c1-10(11-5-3-2-4-6-11)20-14-8-7-12(9-13(14)19)15(16,17)18/h2-10,20H,19H2,1H3. The number of nitrogens with one attached hydrogen (secondary N) is 1. The Morgan fingerprint density at radius 2 is 1.70 bits per heavy atom. The maximum absolute atomic E-state index is 12.6. The van der Waals surface area contributed by atoms with Crippen LogP contribution in [-0.2, 0) is 6.18 Å². The van der Waals surface area contributed by atoms with Crippen LogP contribution in [0.15, 0.2) is 48.5 Å². The number of benzene rings is 2. The molecule has 5 heteroatoms. The minimum Gasteiger partial charge on any atom is -0.397 e. The number of hydrogen-bond acceptors (Lipinski definition) is 2. The van der Waals surface area contributed by atoms with Gasteiger partial charge in [-0.15, -0.1) is 0 Å². The molecule has 0 fully saturated rings. The largest absolute Gasteiger partial charge is 0.416 e. The van der Waals surface area contributed by atoms with Crippen LogP contribution in [0.5, 0.6) is 0 Å². The summed E-state index contributed by atoms with van der Waals surface area (Å²) in [7, 11) is 0. The van der Waals surface area contributed by atoms with Crippen LogP contribution in [0.4, 0.5) is 24.5 Å². The average Bonchev–Trinajstić information content (AvgIpc) is 2.41. The Hall–Kier alpha value is -2.17. The maximum atomic E-state index is 12.6. The van der Waals surface area contributed by atoms with Crippen molar-refractivity contribution in [2.24, 2.45) is 0 Å². The molecule has 3 N–H and O–H groups in total. The normalized spacial score (nSPS) is 13.0. The molecule has 2 aromatic carbocycles. The summed E-state index contributed by atoms with van der Waals surface area (Å²) in [6, 6.07) is 12.9. The van der Waals surface area contributed by atoms with Gasteiger partial charge in [-0.1, -0.05) is 30.3 Å². The second-order valence-electron chi connectivity index (χ2n) is 4.58. The predicted molar refractivity (Wildman–Crippen MR) is 74.3 cm³/mol. The van der Waals surface area contributed by atoms with Crippen LogP contribution in [0, 0.1) is 0 Å². The van der Waals surface area contributed by atoms with E-state index >= 15 is 0 Å². The highest BCUT2D eigenvalue weighted by Crippen LogP contribution is 2.33. The molecule has 0 aliphatic heterocycles. The van der Waals surface area contributed by atoms with E-state index in [0.29, 0.717) is 5.69 Å². The minimum absolute atomic E-state index is 0.0461. The average molecular weight is 280 g/mol. The van der Waals surface area contributed by atoms with Gasteiger partial charge in [0.2, 0.25) is 0 Å². The molecule has 0 aliphatic carbocycles. The van der Waals surface area contributed by atoms with Gasteiger partial charge in [0.25, 0.3) is 0 Å². The first-order valence-electron chi connectivity index (χ1n) is 6.16. The Kier molecular flexibility index (Phi) is 3.88. The van der Waals surface area contributed by atoms with Crippen molar-refractivity contribution < 1.29 is 13.2 Å². The van der Waals surface area contributed by atoms with Gasteiger partial charge in [-0.25, -0.2) is 0 Å². The molecule has 0 aromatic heterocycles. The molecule has 1 unspecified atom stereocenters. The van der Waals surface area contributed by atoms with Crippen LogP contribution >= 0.6 is 0 Å².